The minimum Gasteiger partial charge on any atom is -0.300 e. The van der Waals surface area contributed by atoms with Crippen molar-refractivity contribution in [3.63, 3.8) is 0 Å². The van der Waals surface area contributed by atoms with E-state index in [1.54, 1.807) is 0 Å². The lowest BCUT2D eigenvalue weighted by atomic mass is 10.0. The van der Waals surface area contributed by atoms with Crippen LogP contribution in [-0.4, -0.2) is 17.2 Å². The number of carbonyl (C=O) groups excluding carboxylic acids is 1. The molecule has 0 radical (unpaired) electrons. The molecule has 2 rings (SSSR count). The lowest BCUT2D eigenvalue weighted by Crippen LogP contribution is -2.25. The Hall–Kier alpha value is -1.93. The van der Waals surface area contributed by atoms with Crippen LogP contribution in [0.25, 0.3) is 0 Å². The summed E-state index contributed by atoms with van der Waals surface area (Å²) in [5, 5.41) is 0. The predicted molar refractivity (Wildman–Crippen MR) is 165 cm³/mol. The van der Waals surface area contributed by atoms with Crippen LogP contribution < -0.4 is 0 Å². The number of hydrogen-bond acceptors (Lipinski definition) is 2. The van der Waals surface area contributed by atoms with Gasteiger partial charge in [0.2, 0.25) is 0 Å². The molecule has 0 fully saturated rings. The normalized spacial score (nSPS) is 11.3. The van der Waals surface area contributed by atoms with Gasteiger partial charge in [-0.1, -0.05) is 170 Å². The zero-order valence-corrected chi connectivity index (χ0v) is 24.7. The van der Waals surface area contributed by atoms with Crippen LogP contribution in [0.15, 0.2) is 60.7 Å². The Balaban J connectivity index is 1.44. The monoisotopic (exact) mass is 519 g/mol. The highest BCUT2D eigenvalue weighted by atomic mass is 16.1. The zero-order chi connectivity index (χ0) is 26.9. The summed E-state index contributed by atoms with van der Waals surface area (Å²) in [4.78, 5) is 15.0. The molecule has 38 heavy (non-hydrogen) atoms. The maximum Gasteiger partial charge on any atom is 0.134 e. The molecule has 0 saturated heterocycles. The summed E-state index contributed by atoms with van der Waals surface area (Å²) in [5.41, 5.74) is 2.62. The average molecular weight is 520 g/mol. The lowest BCUT2D eigenvalue weighted by Gasteiger charge is -2.22. The third-order valence-electron chi connectivity index (χ3n) is 7.76. The van der Waals surface area contributed by atoms with Crippen molar-refractivity contribution in [1.29, 1.82) is 0 Å². The summed E-state index contributed by atoms with van der Waals surface area (Å²) in [7, 11) is 0. The van der Waals surface area contributed by atoms with Crippen LogP contribution in [0.1, 0.15) is 140 Å². The van der Waals surface area contributed by atoms with Gasteiger partial charge in [0.25, 0.3) is 0 Å². The molecule has 2 aromatic carbocycles. The van der Waals surface area contributed by atoms with E-state index < -0.39 is 0 Å². The number of carbonyl (C=O) groups is 1. The molecule has 2 heteroatoms. The topological polar surface area (TPSA) is 20.3 Å². The summed E-state index contributed by atoms with van der Waals surface area (Å²) >= 11 is 0. The third-order valence-corrected chi connectivity index (χ3v) is 7.76. The number of rotatable bonds is 25. The Morgan fingerprint density at radius 3 is 1.26 bits per heavy atom. The van der Waals surface area contributed by atoms with Gasteiger partial charge in [-0.25, -0.2) is 0 Å². The number of ketones is 1. The SMILES string of the molecule is CCCCCCCCCCCCCCCCCCCC(=O)CCN(Cc1ccccc1)Cc1ccccc1. The van der Waals surface area contributed by atoms with Crippen molar-refractivity contribution in [2.75, 3.05) is 6.54 Å². The van der Waals surface area contributed by atoms with E-state index in [0.29, 0.717) is 12.2 Å². The summed E-state index contributed by atoms with van der Waals surface area (Å²) in [6, 6.07) is 21.2. The molecule has 0 saturated carbocycles. The van der Waals surface area contributed by atoms with Crippen LogP contribution in [0.5, 0.6) is 0 Å². The zero-order valence-electron chi connectivity index (χ0n) is 24.7. The lowest BCUT2D eigenvalue weighted by molar-refractivity contribution is -0.119. The highest BCUT2D eigenvalue weighted by molar-refractivity contribution is 5.78. The maximum atomic E-state index is 12.6. The van der Waals surface area contributed by atoms with Crippen LogP contribution in [0.4, 0.5) is 0 Å². The number of nitrogens with zero attached hydrogens (tertiary/aromatic N) is 1. The van der Waals surface area contributed by atoms with Gasteiger partial charge in [0, 0.05) is 32.5 Å². The van der Waals surface area contributed by atoms with Crippen molar-refractivity contribution < 1.29 is 4.79 Å². The standard InChI is InChI=1S/C36H57NO/c1-2-3-4-5-6-7-8-9-10-11-12-13-14-15-16-17-24-29-36(38)30-31-37(32-34-25-20-18-21-26-34)33-35-27-22-19-23-28-35/h18-23,25-28H,2-17,24,29-33H2,1H3. The number of benzene rings is 2. The van der Waals surface area contributed by atoms with Crippen molar-refractivity contribution in [1.82, 2.24) is 4.90 Å². The van der Waals surface area contributed by atoms with E-state index in [0.717, 1.165) is 32.5 Å². The van der Waals surface area contributed by atoms with Crippen molar-refractivity contribution in [3.05, 3.63) is 71.8 Å². The summed E-state index contributed by atoms with van der Waals surface area (Å²) in [6.45, 7) is 4.91. The van der Waals surface area contributed by atoms with Gasteiger partial charge in [-0.05, 0) is 17.5 Å². The first kappa shape index (κ1) is 32.3. The van der Waals surface area contributed by atoms with Gasteiger partial charge < -0.3 is 0 Å². The molecule has 0 aromatic heterocycles. The Labute approximate surface area is 235 Å². The molecule has 0 aliphatic heterocycles. The fraction of sp³-hybridized carbons (Fsp3) is 0.639. The van der Waals surface area contributed by atoms with Gasteiger partial charge >= 0.3 is 0 Å². The number of unbranched alkanes of at least 4 members (excludes halogenated alkanes) is 16. The van der Waals surface area contributed by atoms with E-state index >= 15 is 0 Å². The van der Waals surface area contributed by atoms with E-state index in [9.17, 15) is 4.79 Å². The van der Waals surface area contributed by atoms with E-state index in [2.05, 4.69) is 72.5 Å². The molecule has 0 N–H and O–H groups in total. The van der Waals surface area contributed by atoms with E-state index in [1.165, 1.54) is 114 Å². The van der Waals surface area contributed by atoms with E-state index in [-0.39, 0.29) is 0 Å². The molecule has 0 unspecified atom stereocenters. The highest BCUT2D eigenvalue weighted by Crippen LogP contribution is 2.15. The van der Waals surface area contributed by atoms with Gasteiger partial charge in [-0.3, -0.25) is 9.69 Å². The minimum absolute atomic E-state index is 0.428. The van der Waals surface area contributed by atoms with Crippen LogP contribution in [0.3, 0.4) is 0 Å². The molecule has 0 aliphatic carbocycles. The van der Waals surface area contributed by atoms with Gasteiger partial charge in [-0.2, -0.15) is 0 Å². The molecule has 2 aromatic rings. The van der Waals surface area contributed by atoms with Gasteiger partial charge in [-0.15, -0.1) is 0 Å². The van der Waals surface area contributed by atoms with Crippen molar-refractivity contribution in [2.45, 2.75) is 142 Å². The van der Waals surface area contributed by atoms with Crippen LogP contribution in [0.2, 0.25) is 0 Å². The predicted octanol–water partition coefficient (Wildman–Crippen LogP) is 10.7. The first-order valence-corrected chi connectivity index (χ1v) is 16.1. The molecule has 0 spiro atoms. The van der Waals surface area contributed by atoms with Gasteiger partial charge in [0.1, 0.15) is 5.78 Å². The molecule has 212 valence electrons. The van der Waals surface area contributed by atoms with Crippen LogP contribution in [0, 0.1) is 0 Å². The second-order valence-electron chi connectivity index (χ2n) is 11.4. The van der Waals surface area contributed by atoms with Crippen LogP contribution in [-0.2, 0) is 17.9 Å². The molecule has 0 heterocycles. The second kappa shape index (κ2) is 23.0. The summed E-state index contributed by atoms with van der Waals surface area (Å²) < 4.78 is 0. The molecule has 2 nitrogen and oxygen atoms in total. The first-order valence-electron chi connectivity index (χ1n) is 16.1. The molecule has 0 bridgehead atoms. The third kappa shape index (κ3) is 17.6. The average Bonchev–Trinajstić information content (AvgIpc) is 2.94. The fourth-order valence-corrected chi connectivity index (χ4v) is 5.35. The molecule has 0 aliphatic rings. The Morgan fingerprint density at radius 2 is 0.868 bits per heavy atom. The van der Waals surface area contributed by atoms with E-state index in [1.807, 2.05) is 0 Å². The Bertz CT molecular complexity index is 746. The molecular weight excluding hydrogens is 462 g/mol. The quantitative estimate of drug-likeness (QED) is 0.122. The first-order chi connectivity index (χ1) is 18.8. The summed E-state index contributed by atoms with van der Waals surface area (Å²) in [6.07, 6.45) is 24.8. The molecule has 0 amide bonds. The Morgan fingerprint density at radius 1 is 0.500 bits per heavy atom. The number of Topliss-reactive ketones (excluding diaryl/α,β-unsaturated/α-hetero) is 1. The van der Waals surface area contributed by atoms with Crippen LogP contribution >= 0.6 is 0 Å². The number of hydrogen-bond donors (Lipinski definition) is 0. The summed E-state index contributed by atoms with van der Waals surface area (Å²) in [5.74, 6) is 0.428. The van der Waals surface area contributed by atoms with Gasteiger partial charge in [0.15, 0.2) is 0 Å². The Kier molecular flexibility index (Phi) is 19.5. The van der Waals surface area contributed by atoms with Crippen molar-refractivity contribution >= 4 is 5.78 Å². The van der Waals surface area contributed by atoms with E-state index in [4.69, 9.17) is 0 Å². The van der Waals surface area contributed by atoms with Gasteiger partial charge in [0.05, 0.1) is 0 Å². The van der Waals surface area contributed by atoms with Crippen molar-refractivity contribution in [2.24, 2.45) is 0 Å². The second-order valence-corrected chi connectivity index (χ2v) is 11.4. The molecular formula is C36H57NO. The van der Waals surface area contributed by atoms with Crippen molar-refractivity contribution in [3.8, 4) is 0 Å². The maximum absolute atomic E-state index is 12.6. The highest BCUT2D eigenvalue weighted by Gasteiger charge is 2.10. The smallest absolute Gasteiger partial charge is 0.134 e. The molecule has 0 atom stereocenters. The minimum atomic E-state index is 0.428. The fourth-order valence-electron chi connectivity index (χ4n) is 5.35. The largest absolute Gasteiger partial charge is 0.300 e.